The van der Waals surface area contributed by atoms with E-state index in [9.17, 15) is 9.90 Å². The maximum atomic E-state index is 12.9. The molecule has 0 amide bonds. The molecule has 0 saturated carbocycles. The fraction of sp³-hybridized carbons (Fsp3) is 0.421. The van der Waals surface area contributed by atoms with Crippen LogP contribution in [-0.4, -0.2) is 41.1 Å². The zero-order chi connectivity index (χ0) is 17.9. The molecule has 25 heavy (non-hydrogen) atoms. The van der Waals surface area contributed by atoms with E-state index in [1.165, 1.54) is 11.3 Å². The number of aliphatic hydroxyl groups excluding tert-OH is 1. The van der Waals surface area contributed by atoms with Crippen molar-refractivity contribution in [3.63, 3.8) is 0 Å². The summed E-state index contributed by atoms with van der Waals surface area (Å²) in [6.45, 7) is 7.34. The first-order valence-corrected chi connectivity index (χ1v) is 8.86. The molecule has 4 nitrogen and oxygen atoms in total. The van der Waals surface area contributed by atoms with E-state index in [-0.39, 0.29) is 36.0 Å². The van der Waals surface area contributed by atoms with Gasteiger partial charge in [0.1, 0.15) is 5.75 Å². The van der Waals surface area contributed by atoms with Crippen LogP contribution in [0.3, 0.4) is 0 Å². The Morgan fingerprint density at radius 2 is 1.96 bits per heavy atom. The Morgan fingerprint density at radius 3 is 2.56 bits per heavy atom. The molecule has 0 aliphatic carbocycles. The average molecular weight is 384 g/mol. The first-order chi connectivity index (χ1) is 11.2. The minimum Gasteiger partial charge on any atom is -0.507 e. The van der Waals surface area contributed by atoms with Gasteiger partial charge in [0.2, 0.25) is 5.78 Å². The molecule has 2 aromatic rings. The number of carbonyl (C=O) groups is 1. The first-order valence-electron chi connectivity index (χ1n) is 7.98. The van der Waals surface area contributed by atoms with Crippen molar-refractivity contribution >= 4 is 29.5 Å². The second-order valence-electron chi connectivity index (χ2n) is 7.07. The quantitative estimate of drug-likeness (QED) is 0.744. The SMILES string of the molecule is CN(CCO)Cc1cccc(C(=O)c2scc(O)c2C(C)(C)C)c1.Cl. The summed E-state index contributed by atoms with van der Waals surface area (Å²) in [7, 11) is 1.93. The normalized spacial score (nSPS) is 11.4. The zero-order valence-corrected chi connectivity index (χ0v) is 16.7. The highest BCUT2D eigenvalue weighted by atomic mass is 35.5. The fourth-order valence-electron chi connectivity index (χ4n) is 2.74. The van der Waals surface area contributed by atoms with Gasteiger partial charge in [0.25, 0.3) is 0 Å². The van der Waals surface area contributed by atoms with Crippen LogP contribution in [-0.2, 0) is 12.0 Å². The number of hydrogen-bond acceptors (Lipinski definition) is 5. The Kier molecular flexibility index (Phi) is 7.62. The Hall–Kier alpha value is -1.40. The predicted octanol–water partition coefficient (Wildman–Crippen LogP) is 3.83. The van der Waals surface area contributed by atoms with E-state index < -0.39 is 0 Å². The molecule has 6 heteroatoms. The molecule has 2 N–H and O–H groups in total. The van der Waals surface area contributed by atoms with Crippen molar-refractivity contribution in [3.8, 4) is 5.75 Å². The topological polar surface area (TPSA) is 60.8 Å². The molecule has 0 aliphatic rings. The third-order valence-corrected chi connectivity index (χ3v) is 4.82. The van der Waals surface area contributed by atoms with E-state index in [0.717, 1.165) is 5.56 Å². The number of ketones is 1. The van der Waals surface area contributed by atoms with Crippen molar-refractivity contribution in [2.75, 3.05) is 20.2 Å². The monoisotopic (exact) mass is 383 g/mol. The number of aliphatic hydroxyl groups is 1. The van der Waals surface area contributed by atoms with Crippen molar-refractivity contribution in [1.82, 2.24) is 4.90 Å². The summed E-state index contributed by atoms with van der Waals surface area (Å²) >= 11 is 1.29. The summed E-state index contributed by atoms with van der Waals surface area (Å²) in [5.41, 5.74) is 2.06. The number of rotatable bonds is 6. The summed E-state index contributed by atoms with van der Waals surface area (Å²) < 4.78 is 0. The van der Waals surface area contributed by atoms with Gasteiger partial charge >= 0.3 is 0 Å². The van der Waals surface area contributed by atoms with Crippen molar-refractivity contribution in [1.29, 1.82) is 0 Å². The van der Waals surface area contributed by atoms with Crippen LogP contribution in [0.1, 0.15) is 47.1 Å². The van der Waals surface area contributed by atoms with Gasteiger partial charge in [-0.1, -0.05) is 39.0 Å². The number of carbonyl (C=O) groups excluding carboxylic acids is 1. The summed E-state index contributed by atoms with van der Waals surface area (Å²) in [6.07, 6.45) is 0. The van der Waals surface area contributed by atoms with Crippen molar-refractivity contribution in [3.05, 3.63) is 51.2 Å². The lowest BCUT2D eigenvalue weighted by molar-refractivity contribution is 0.104. The molecule has 1 aromatic carbocycles. The van der Waals surface area contributed by atoms with Crippen molar-refractivity contribution in [2.45, 2.75) is 32.7 Å². The lowest BCUT2D eigenvalue weighted by atomic mass is 9.85. The van der Waals surface area contributed by atoms with Gasteiger partial charge in [0.05, 0.1) is 11.5 Å². The summed E-state index contributed by atoms with van der Waals surface area (Å²) in [5.74, 6) is 0.131. The summed E-state index contributed by atoms with van der Waals surface area (Å²) in [4.78, 5) is 15.5. The molecule has 0 fully saturated rings. The van der Waals surface area contributed by atoms with Crippen LogP contribution < -0.4 is 0 Å². The van der Waals surface area contributed by atoms with E-state index >= 15 is 0 Å². The van der Waals surface area contributed by atoms with Gasteiger partial charge in [-0.25, -0.2) is 0 Å². The highest BCUT2D eigenvalue weighted by molar-refractivity contribution is 7.12. The van der Waals surface area contributed by atoms with Gasteiger partial charge in [-0.3, -0.25) is 9.69 Å². The molecule has 138 valence electrons. The molecular formula is C19H26ClNO3S. The van der Waals surface area contributed by atoms with Crippen molar-refractivity contribution < 1.29 is 15.0 Å². The van der Waals surface area contributed by atoms with Crippen molar-refractivity contribution in [2.24, 2.45) is 0 Å². The highest BCUT2D eigenvalue weighted by Gasteiger charge is 2.28. The number of benzene rings is 1. The second-order valence-corrected chi connectivity index (χ2v) is 7.95. The maximum absolute atomic E-state index is 12.9. The fourth-order valence-corrected chi connectivity index (χ4v) is 3.85. The van der Waals surface area contributed by atoms with Crippen LogP contribution in [0.4, 0.5) is 0 Å². The Bertz CT molecular complexity index is 722. The Labute approximate surface area is 159 Å². The Morgan fingerprint density at radius 1 is 1.28 bits per heavy atom. The second kappa shape index (κ2) is 8.81. The molecule has 0 saturated heterocycles. The van der Waals surface area contributed by atoms with Gasteiger partial charge in [0.15, 0.2) is 0 Å². The third-order valence-electron chi connectivity index (χ3n) is 3.85. The van der Waals surface area contributed by atoms with Gasteiger partial charge in [-0.05, 0) is 24.1 Å². The standard InChI is InChI=1S/C19H25NO3S.ClH/c1-19(2,3)16-15(22)12-24-18(16)17(23)14-7-5-6-13(10-14)11-20(4)8-9-21;/h5-7,10,12,21-22H,8-9,11H2,1-4H3;1H. The van der Waals surface area contributed by atoms with E-state index in [1.54, 1.807) is 11.4 Å². The number of nitrogens with zero attached hydrogens (tertiary/aromatic N) is 1. The van der Waals surface area contributed by atoms with Crippen LogP contribution in [0.2, 0.25) is 0 Å². The molecule has 0 atom stereocenters. The molecule has 0 unspecified atom stereocenters. The smallest absolute Gasteiger partial charge is 0.203 e. The predicted molar refractivity (Wildman–Crippen MR) is 105 cm³/mol. The van der Waals surface area contributed by atoms with Crippen LogP contribution in [0.5, 0.6) is 5.75 Å². The van der Waals surface area contributed by atoms with Crippen LogP contribution in [0.15, 0.2) is 29.6 Å². The molecule has 0 radical (unpaired) electrons. The lowest BCUT2D eigenvalue weighted by Crippen LogP contribution is -2.21. The van der Waals surface area contributed by atoms with Crippen LogP contribution in [0, 0.1) is 0 Å². The highest BCUT2D eigenvalue weighted by Crippen LogP contribution is 2.39. The third kappa shape index (κ3) is 5.28. The van der Waals surface area contributed by atoms with E-state index in [4.69, 9.17) is 5.11 Å². The first kappa shape index (κ1) is 21.6. The lowest BCUT2D eigenvalue weighted by Gasteiger charge is -2.20. The Balaban J connectivity index is 0.00000312. The minimum absolute atomic E-state index is 0. The van der Waals surface area contributed by atoms with Gasteiger partial charge < -0.3 is 10.2 Å². The molecular weight excluding hydrogens is 358 g/mol. The van der Waals surface area contributed by atoms with Crippen LogP contribution in [0.25, 0.3) is 0 Å². The van der Waals surface area contributed by atoms with Gasteiger partial charge in [-0.2, -0.15) is 0 Å². The number of likely N-dealkylation sites (N-methyl/N-ethyl adjacent to an activating group) is 1. The molecule has 2 rings (SSSR count). The van der Waals surface area contributed by atoms with Gasteiger partial charge in [0, 0.05) is 29.6 Å². The number of thiophene rings is 1. The van der Waals surface area contributed by atoms with Crippen LogP contribution >= 0.6 is 23.7 Å². The summed E-state index contributed by atoms with van der Waals surface area (Å²) in [5, 5.41) is 20.8. The number of hydrogen-bond donors (Lipinski definition) is 2. The minimum atomic E-state index is -0.298. The zero-order valence-electron chi connectivity index (χ0n) is 15.1. The number of aromatic hydroxyl groups is 1. The largest absolute Gasteiger partial charge is 0.507 e. The number of halogens is 1. The van der Waals surface area contributed by atoms with E-state index in [0.29, 0.717) is 29.1 Å². The molecule has 0 bridgehead atoms. The molecule has 1 aromatic heterocycles. The summed E-state index contributed by atoms with van der Waals surface area (Å²) in [6, 6.07) is 7.54. The molecule has 1 heterocycles. The maximum Gasteiger partial charge on any atom is 0.203 e. The van der Waals surface area contributed by atoms with E-state index in [2.05, 4.69) is 0 Å². The molecule has 0 aliphatic heterocycles. The average Bonchev–Trinajstić information content (AvgIpc) is 2.89. The van der Waals surface area contributed by atoms with Gasteiger partial charge in [-0.15, -0.1) is 23.7 Å². The molecule has 0 spiro atoms. The van der Waals surface area contributed by atoms with E-state index in [1.807, 2.05) is 50.9 Å².